The number of thiazole rings is 1. The lowest BCUT2D eigenvalue weighted by atomic mass is 10.1. The molecule has 0 saturated carbocycles. The van der Waals surface area contributed by atoms with Crippen molar-refractivity contribution in [3.05, 3.63) is 49.9 Å². The number of hydrogen-bond acceptors (Lipinski definition) is 3. The van der Waals surface area contributed by atoms with Gasteiger partial charge in [0.25, 0.3) is 0 Å². The molecule has 0 fully saturated rings. The highest BCUT2D eigenvalue weighted by molar-refractivity contribution is 7.11. The van der Waals surface area contributed by atoms with Crippen molar-refractivity contribution in [3.63, 3.8) is 0 Å². The maximum atomic E-state index is 6.25. The molecule has 0 spiro atoms. The van der Waals surface area contributed by atoms with Crippen LogP contribution in [0.25, 0.3) is 0 Å². The van der Waals surface area contributed by atoms with Gasteiger partial charge in [-0.05, 0) is 31.5 Å². The van der Waals surface area contributed by atoms with E-state index in [1.165, 1.54) is 4.88 Å². The van der Waals surface area contributed by atoms with Gasteiger partial charge in [-0.25, -0.2) is 4.98 Å². The van der Waals surface area contributed by atoms with Gasteiger partial charge < -0.3 is 10.6 Å². The average Bonchev–Trinajstić information content (AvgIpc) is 2.91. The number of aromatic nitrogens is 1. The number of aliphatic imine (C=N–C) groups is 1. The van der Waals surface area contributed by atoms with Crippen molar-refractivity contribution < 1.29 is 0 Å². The lowest BCUT2D eigenvalue weighted by Crippen LogP contribution is -2.39. The van der Waals surface area contributed by atoms with Gasteiger partial charge in [0.1, 0.15) is 0 Å². The van der Waals surface area contributed by atoms with Gasteiger partial charge >= 0.3 is 0 Å². The van der Waals surface area contributed by atoms with Crippen molar-refractivity contribution in [2.45, 2.75) is 26.3 Å². The molecule has 1 unspecified atom stereocenters. The Balaban J connectivity index is 1.88. The van der Waals surface area contributed by atoms with Crippen LogP contribution in [0.15, 0.2) is 29.4 Å². The molecule has 2 aromatic rings. The summed E-state index contributed by atoms with van der Waals surface area (Å²) in [5, 5.41) is 9.02. The van der Waals surface area contributed by atoms with Gasteiger partial charge in [0.2, 0.25) is 0 Å². The zero-order chi connectivity index (χ0) is 16.8. The summed E-state index contributed by atoms with van der Waals surface area (Å²) < 4.78 is 0. The van der Waals surface area contributed by atoms with E-state index in [2.05, 4.69) is 27.5 Å². The lowest BCUT2D eigenvalue weighted by molar-refractivity contribution is 0.684. The van der Waals surface area contributed by atoms with Gasteiger partial charge in [0, 0.05) is 41.1 Å². The first-order valence-corrected chi connectivity index (χ1v) is 8.90. The Labute approximate surface area is 151 Å². The molecular weight excluding hydrogens is 351 g/mol. The van der Waals surface area contributed by atoms with Crippen molar-refractivity contribution >= 4 is 40.5 Å². The van der Waals surface area contributed by atoms with Gasteiger partial charge in [-0.15, -0.1) is 11.3 Å². The van der Waals surface area contributed by atoms with Crippen LogP contribution in [0.5, 0.6) is 0 Å². The smallest absolute Gasteiger partial charge is 0.191 e. The first kappa shape index (κ1) is 18.0. The molecule has 1 atom stereocenters. The molecular formula is C16H20Cl2N4S. The Morgan fingerprint density at radius 2 is 2.17 bits per heavy atom. The molecule has 0 aliphatic rings. The molecule has 0 aliphatic carbocycles. The summed E-state index contributed by atoms with van der Waals surface area (Å²) in [5.41, 5.74) is 0.981. The predicted octanol–water partition coefficient (Wildman–Crippen LogP) is 4.23. The van der Waals surface area contributed by atoms with Crippen LogP contribution >= 0.6 is 34.5 Å². The van der Waals surface area contributed by atoms with E-state index in [-0.39, 0.29) is 6.04 Å². The van der Waals surface area contributed by atoms with Gasteiger partial charge in [-0.2, -0.15) is 0 Å². The quantitative estimate of drug-likeness (QED) is 0.611. The number of guanidine groups is 1. The fraction of sp³-hybridized carbons (Fsp3) is 0.375. The number of nitrogens with zero attached hydrogens (tertiary/aromatic N) is 2. The summed E-state index contributed by atoms with van der Waals surface area (Å²) in [5.74, 6) is 0.733. The van der Waals surface area contributed by atoms with Crippen LogP contribution in [0, 0.1) is 6.92 Å². The second kappa shape index (κ2) is 8.52. The zero-order valence-corrected chi connectivity index (χ0v) is 15.7. The van der Waals surface area contributed by atoms with Crippen LogP contribution < -0.4 is 10.6 Å². The first-order valence-electron chi connectivity index (χ1n) is 7.33. The maximum absolute atomic E-state index is 6.25. The molecule has 23 heavy (non-hydrogen) atoms. The highest BCUT2D eigenvalue weighted by Crippen LogP contribution is 2.25. The van der Waals surface area contributed by atoms with E-state index in [4.69, 9.17) is 23.2 Å². The van der Waals surface area contributed by atoms with E-state index >= 15 is 0 Å². The molecule has 4 nitrogen and oxygen atoms in total. The van der Waals surface area contributed by atoms with Crippen molar-refractivity contribution in [1.29, 1.82) is 0 Å². The number of nitrogens with one attached hydrogen (secondary N) is 2. The van der Waals surface area contributed by atoms with Crippen molar-refractivity contribution in [2.24, 2.45) is 4.99 Å². The van der Waals surface area contributed by atoms with E-state index in [0.717, 1.165) is 29.5 Å². The normalized spacial score (nSPS) is 13.0. The van der Waals surface area contributed by atoms with E-state index < -0.39 is 0 Å². The number of benzene rings is 1. The van der Waals surface area contributed by atoms with Gasteiger partial charge in [-0.1, -0.05) is 29.3 Å². The van der Waals surface area contributed by atoms with Gasteiger partial charge in [-0.3, -0.25) is 4.99 Å². The SMILES string of the molecule is CN=C(NCCc1ncc(C)s1)NC(C)c1ccc(Cl)cc1Cl. The summed E-state index contributed by atoms with van der Waals surface area (Å²) in [6.45, 7) is 4.87. The number of rotatable bonds is 5. The molecule has 2 rings (SSSR count). The lowest BCUT2D eigenvalue weighted by Gasteiger charge is -2.19. The van der Waals surface area contributed by atoms with Crippen LogP contribution in [-0.4, -0.2) is 24.5 Å². The Morgan fingerprint density at radius 1 is 1.39 bits per heavy atom. The Bertz CT molecular complexity index is 684. The summed E-state index contributed by atoms with van der Waals surface area (Å²) in [4.78, 5) is 9.83. The van der Waals surface area contributed by atoms with Crippen molar-refractivity contribution in [2.75, 3.05) is 13.6 Å². The molecule has 1 aromatic carbocycles. The Kier molecular flexibility index (Phi) is 6.69. The highest BCUT2D eigenvalue weighted by Gasteiger charge is 2.11. The number of aryl methyl sites for hydroxylation is 1. The molecule has 0 bridgehead atoms. The van der Waals surface area contributed by atoms with Gasteiger partial charge in [0.15, 0.2) is 5.96 Å². The molecule has 7 heteroatoms. The molecule has 0 radical (unpaired) electrons. The fourth-order valence-electron chi connectivity index (χ4n) is 2.13. The summed E-state index contributed by atoms with van der Waals surface area (Å²) in [6.07, 6.45) is 2.77. The monoisotopic (exact) mass is 370 g/mol. The van der Waals surface area contributed by atoms with Gasteiger partial charge in [0.05, 0.1) is 11.0 Å². The molecule has 0 aliphatic heterocycles. The third kappa shape index (κ3) is 5.37. The summed E-state index contributed by atoms with van der Waals surface area (Å²) >= 11 is 13.9. The highest BCUT2D eigenvalue weighted by atomic mass is 35.5. The molecule has 1 aromatic heterocycles. The van der Waals surface area contributed by atoms with E-state index in [1.54, 1.807) is 24.5 Å². The van der Waals surface area contributed by atoms with Crippen LogP contribution in [0.3, 0.4) is 0 Å². The fourth-order valence-corrected chi connectivity index (χ4v) is 3.49. The minimum atomic E-state index is 0.0214. The van der Waals surface area contributed by atoms with Crippen LogP contribution in [0.2, 0.25) is 10.0 Å². The van der Waals surface area contributed by atoms with Crippen molar-refractivity contribution in [1.82, 2.24) is 15.6 Å². The van der Waals surface area contributed by atoms with Crippen LogP contribution in [-0.2, 0) is 6.42 Å². The maximum Gasteiger partial charge on any atom is 0.191 e. The molecule has 0 saturated heterocycles. The third-order valence-corrected chi connectivity index (χ3v) is 4.84. The number of hydrogen-bond donors (Lipinski definition) is 2. The summed E-state index contributed by atoms with van der Waals surface area (Å²) in [7, 11) is 1.75. The minimum Gasteiger partial charge on any atom is -0.356 e. The van der Waals surface area contributed by atoms with E-state index in [9.17, 15) is 0 Å². The number of halogens is 2. The topological polar surface area (TPSA) is 49.3 Å². The average molecular weight is 371 g/mol. The zero-order valence-electron chi connectivity index (χ0n) is 13.4. The van der Waals surface area contributed by atoms with Crippen LogP contribution in [0.4, 0.5) is 0 Å². The minimum absolute atomic E-state index is 0.0214. The Hall–Kier alpha value is -1.30. The molecule has 1 heterocycles. The van der Waals surface area contributed by atoms with Crippen LogP contribution in [0.1, 0.15) is 28.4 Å². The third-order valence-electron chi connectivity index (χ3n) is 3.31. The summed E-state index contributed by atoms with van der Waals surface area (Å²) in [6, 6.07) is 5.53. The standard InChI is InChI=1S/C16H20Cl2N4S/c1-10-9-21-15(23-10)6-7-20-16(19-3)22-11(2)13-5-4-12(17)8-14(13)18/h4-5,8-9,11H,6-7H2,1-3H3,(H2,19,20,22). The second-order valence-corrected chi connectivity index (χ2v) is 7.31. The van der Waals surface area contributed by atoms with Crippen molar-refractivity contribution in [3.8, 4) is 0 Å². The van der Waals surface area contributed by atoms with E-state index in [1.807, 2.05) is 25.3 Å². The molecule has 124 valence electrons. The van der Waals surface area contributed by atoms with E-state index in [0.29, 0.717) is 10.0 Å². The molecule has 0 amide bonds. The largest absolute Gasteiger partial charge is 0.356 e. The predicted molar refractivity (Wildman–Crippen MR) is 99.9 cm³/mol. The first-order chi connectivity index (χ1) is 11.0. The molecule has 2 N–H and O–H groups in total. The Morgan fingerprint density at radius 3 is 2.78 bits per heavy atom. The second-order valence-electron chi connectivity index (χ2n) is 5.15.